The number of hydrogen-bond acceptors (Lipinski definition) is 6. The van der Waals surface area contributed by atoms with Crippen LogP contribution in [-0.4, -0.2) is 24.6 Å². The number of aromatic nitrogens is 2. The lowest BCUT2D eigenvalue weighted by molar-refractivity contribution is 0.602. The number of nitrogen functional groups attached to an aromatic ring is 1. The van der Waals surface area contributed by atoms with Gasteiger partial charge in [-0.3, -0.25) is 0 Å². The van der Waals surface area contributed by atoms with Gasteiger partial charge in [-0.1, -0.05) is 11.8 Å². The molecule has 2 N–H and O–H groups in total. The molecule has 0 aliphatic carbocycles. The van der Waals surface area contributed by atoms with Crippen molar-refractivity contribution in [3.05, 3.63) is 34.9 Å². The molecule has 5 nitrogen and oxygen atoms in total. The Kier molecular flexibility index (Phi) is 4.12. The number of sulfone groups is 1. The molecule has 0 amide bonds. The maximum absolute atomic E-state index is 11.3. The molecule has 2 rings (SSSR count). The average Bonchev–Trinajstić information content (AvgIpc) is 2.33. The Morgan fingerprint density at radius 2 is 1.89 bits per heavy atom. The predicted octanol–water partition coefficient (Wildman–Crippen LogP) is 2.38. The number of hydrogen-bond donors (Lipinski definition) is 1. The van der Waals surface area contributed by atoms with Crippen LogP contribution in [0.25, 0.3) is 0 Å². The van der Waals surface area contributed by atoms with Crippen molar-refractivity contribution in [1.82, 2.24) is 9.97 Å². The minimum absolute atomic E-state index is 0.193. The molecule has 0 bridgehead atoms. The fraction of sp³-hybridized carbons (Fsp3) is 0.0909. The zero-order valence-electron chi connectivity index (χ0n) is 9.87. The van der Waals surface area contributed by atoms with Crippen LogP contribution in [0, 0.1) is 0 Å². The molecule has 1 aromatic carbocycles. The van der Waals surface area contributed by atoms with Crippen LogP contribution in [-0.2, 0) is 9.84 Å². The molecule has 0 aliphatic rings. The maximum atomic E-state index is 11.3. The first kappa shape index (κ1) is 14.3. The first-order chi connectivity index (χ1) is 8.86. The molecule has 0 aliphatic heterocycles. The zero-order chi connectivity index (χ0) is 14.0. The van der Waals surface area contributed by atoms with E-state index in [2.05, 4.69) is 25.9 Å². The van der Waals surface area contributed by atoms with Gasteiger partial charge in [0, 0.05) is 17.3 Å². The van der Waals surface area contributed by atoms with E-state index in [1.807, 2.05) is 0 Å². The Balaban J connectivity index is 2.27. The highest BCUT2D eigenvalue weighted by atomic mass is 79.9. The molecule has 0 unspecified atom stereocenters. The van der Waals surface area contributed by atoms with Gasteiger partial charge in [0.25, 0.3) is 0 Å². The minimum atomic E-state index is -3.17. The highest BCUT2D eigenvalue weighted by molar-refractivity contribution is 9.10. The van der Waals surface area contributed by atoms with Crippen molar-refractivity contribution in [3.8, 4) is 0 Å². The molecule has 1 heterocycles. The highest BCUT2D eigenvalue weighted by Gasteiger charge is 2.09. The van der Waals surface area contributed by atoms with Crippen LogP contribution in [0.2, 0.25) is 0 Å². The van der Waals surface area contributed by atoms with Crippen molar-refractivity contribution >= 4 is 43.5 Å². The van der Waals surface area contributed by atoms with Crippen molar-refractivity contribution < 1.29 is 8.42 Å². The van der Waals surface area contributed by atoms with E-state index in [4.69, 9.17) is 5.73 Å². The van der Waals surface area contributed by atoms with Crippen LogP contribution in [0.4, 0.5) is 5.95 Å². The van der Waals surface area contributed by atoms with Crippen LogP contribution in [0.1, 0.15) is 0 Å². The Morgan fingerprint density at radius 3 is 2.47 bits per heavy atom. The second-order valence-electron chi connectivity index (χ2n) is 3.73. The van der Waals surface area contributed by atoms with Gasteiger partial charge in [-0.25, -0.2) is 18.4 Å². The average molecular weight is 360 g/mol. The molecular formula is C11H10BrN3O2S2. The summed E-state index contributed by atoms with van der Waals surface area (Å²) >= 11 is 4.71. The lowest BCUT2D eigenvalue weighted by atomic mass is 10.4. The number of nitrogens with zero attached hydrogens (tertiary/aromatic N) is 2. The molecule has 0 atom stereocenters. The largest absolute Gasteiger partial charge is 0.368 e. The van der Waals surface area contributed by atoms with Crippen LogP contribution < -0.4 is 5.73 Å². The highest BCUT2D eigenvalue weighted by Crippen LogP contribution is 2.32. The van der Waals surface area contributed by atoms with Gasteiger partial charge in [0.05, 0.1) is 9.37 Å². The summed E-state index contributed by atoms with van der Waals surface area (Å²) in [5.41, 5.74) is 5.53. The molecule has 0 saturated carbocycles. The zero-order valence-corrected chi connectivity index (χ0v) is 13.1. The summed E-state index contributed by atoms with van der Waals surface area (Å²) in [6.07, 6.45) is 2.76. The number of halogens is 1. The molecule has 100 valence electrons. The summed E-state index contributed by atoms with van der Waals surface area (Å²) in [5.74, 6) is 0.193. The first-order valence-electron chi connectivity index (χ1n) is 5.12. The Bertz CT molecular complexity index is 702. The van der Waals surface area contributed by atoms with E-state index in [0.29, 0.717) is 5.03 Å². The van der Waals surface area contributed by atoms with Crippen LogP contribution >= 0.6 is 27.7 Å². The molecule has 0 spiro atoms. The molecule has 19 heavy (non-hydrogen) atoms. The fourth-order valence-corrected chi connectivity index (χ4v) is 3.15. The Labute approximate surface area is 123 Å². The van der Waals surface area contributed by atoms with Gasteiger partial charge in [0.15, 0.2) is 9.84 Å². The second kappa shape index (κ2) is 5.48. The monoisotopic (exact) mass is 359 g/mol. The SMILES string of the molecule is CS(=O)(=O)c1ccc(Sc2nc(N)ncc2Br)cc1. The van der Waals surface area contributed by atoms with Gasteiger partial charge in [-0.05, 0) is 40.2 Å². The summed E-state index contributed by atoms with van der Waals surface area (Å²) in [6, 6.07) is 6.59. The molecule has 0 fully saturated rings. The van der Waals surface area contributed by atoms with Crippen molar-refractivity contribution in [2.75, 3.05) is 12.0 Å². The Morgan fingerprint density at radius 1 is 1.26 bits per heavy atom. The van der Waals surface area contributed by atoms with Gasteiger partial charge >= 0.3 is 0 Å². The molecule has 1 aromatic heterocycles. The van der Waals surface area contributed by atoms with E-state index in [1.54, 1.807) is 30.5 Å². The van der Waals surface area contributed by atoms with E-state index < -0.39 is 9.84 Å². The van der Waals surface area contributed by atoms with Crippen molar-refractivity contribution in [3.63, 3.8) is 0 Å². The minimum Gasteiger partial charge on any atom is -0.368 e. The van der Waals surface area contributed by atoms with Crippen molar-refractivity contribution in [2.24, 2.45) is 0 Å². The predicted molar refractivity (Wildman–Crippen MR) is 77.8 cm³/mol. The normalized spacial score (nSPS) is 11.5. The lowest BCUT2D eigenvalue weighted by Crippen LogP contribution is -1.97. The molecular weight excluding hydrogens is 350 g/mol. The van der Waals surface area contributed by atoms with Gasteiger partial charge in [0.2, 0.25) is 5.95 Å². The summed E-state index contributed by atoms with van der Waals surface area (Å²) in [5, 5.41) is 0.680. The second-order valence-corrected chi connectivity index (χ2v) is 7.66. The molecule has 2 aromatic rings. The van der Waals surface area contributed by atoms with E-state index >= 15 is 0 Å². The Hall–Kier alpha value is -1.12. The quantitative estimate of drug-likeness (QED) is 0.846. The van der Waals surface area contributed by atoms with Crippen molar-refractivity contribution in [1.29, 1.82) is 0 Å². The summed E-state index contributed by atoms with van der Waals surface area (Å²) in [4.78, 5) is 9.12. The third kappa shape index (κ3) is 3.68. The van der Waals surface area contributed by atoms with Gasteiger partial charge < -0.3 is 5.73 Å². The van der Waals surface area contributed by atoms with Crippen LogP contribution in [0.15, 0.2) is 49.8 Å². The summed E-state index contributed by atoms with van der Waals surface area (Å²) < 4.78 is 23.4. The lowest BCUT2D eigenvalue weighted by Gasteiger charge is -2.04. The number of nitrogens with two attached hydrogens (primary N) is 1. The number of anilines is 1. The van der Waals surface area contributed by atoms with E-state index in [1.165, 1.54) is 18.0 Å². The fourth-order valence-electron chi connectivity index (χ4n) is 1.30. The van der Waals surface area contributed by atoms with Gasteiger partial charge in [-0.2, -0.15) is 0 Å². The smallest absolute Gasteiger partial charge is 0.221 e. The third-order valence-corrected chi connectivity index (χ3v) is 5.18. The van der Waals surface area contributed by atoms with Gasteiger partial charge in [0.1, 0.15) is 5.03 Å². The van der Waals surface area contributed by atoms with E-state index in [9.17, 15) is 8.42 Å². The molecule has 8 heteroatoms. The first-order valence-corrected chi connectivity index (χ1v) is 8.62. The topological polar surface area (TPSA) is 85.9 Å². The van der Waals surface area contributed by atoms with E-state index in [-0.39, 0.29) is 10.8 Å². The van der Waals surface area contributed by atoms with Crippen LogP contribution in [0.3, 0.4) is 0 Å². The maximum Gasteiger partial charge on any atom is 0.221 e. The van der Waals surface area contributed by atoms with Crippen LogP contribution in [0.5, 0.6) is 0 Å². The van der Waals surface area contributed by atoms with E-state index in [0.717, 1.165) is 9.37 Å². The standard InChI is InChI=1S/C11H10BrN3O2S2/c1-19(16,17)8-4-2-7(3-5-8)18-10-9(12)6-14-11(13)15-10/h2-6H,1H3,(H2,13,14,15). The number of benzene rings is 1. The van der Waals surface area contributed by atoms with Crippen molar-refractivity contribution in [2.45, 2.75) is 14.8 Å². The molecule has 0 radical (unpaired) electrons. The number of rotatable bonds is 3. The summed E-state index contributed by atoms with van der Waals surface area (Å²) in [6.45, 7) is 0. The molecule has 0 saturated heterocycles. The summed E-state index contributed by atoms with van der Waals surface area (Å²) in [7, 11) is -3.17. The van der Waals surface area contributed by atoms with Gasteiger partial charge in [-0.15, -0.1) is 0 Å². The third-order valence-electron chi connectivity index (χ3n) is 2.20.